The highest BCUT2D eigenvalue weighted by Gasteiger charge is 2.21. The first-order chi connectivity index (χ1) is 10.4. The standard InChI is InChI=1S/C19H26N2/c1-2-20-18(14-15-8-4-3-5-9-15)17-12-6-10-16-11-7-13-21-19(16)17/h6-7,10-13,15,18,20H,2-5,8-9,14H2,1H3. The Kier molecular flexibility index (Phi) is 4.87. The van der Waals surface area contributed by atoms with E-state index in [2.05, 4.69) is 41.5 Å². The fourth-order valence-electron chi connectivity index (χ4n) is 3.73. The quantitative estimate of drug-likeness (QED) is 0.847. The predicted octanol–water partition coefficient (Wildman–Crippen LogP) is 4.86. The van der Waals surface area contributed by atoms with E-state index in [4.69, 9.17) is 0 Å². The van der Waals surface area contributed by atoms with Crippen molar-refractivity contribution < 1.29 is 0 Å². The van der Waals surface area contributed by atoms with Crippen LogP contribution in [-0.2, 0) is 0 Å². The minimum Gasteiger partial charge on any atom is -0.310 e. The van der Waals surface area contributed by atoms with Crippen molar-refractivity contribution in [1.29, 1.82) is 0 Å². The van der Waals surface area contributed by atoms with Crippen molar-refractivity contribution in [2.75, 3.05) is 6.54 Å². The lowest BCUT2D eigenvalue weighted by molar-refractivity contribution is 0.302. The van der Waals surface area contributed by atoms with E-state index in [1.807, 2.05) is 12.3 Å². The third-order valence-corrected chi connectivity index (χ3v) is 4.78. The molecule has 0 aliphatic heterocycles. The minimum atomic E-state index is 0.441. The van der Waals surface area contributed by atoms with Crippen LogP contribution in [0.15, 0.2) is 36.5 Å². The van der Waals surface area contributed by atoms with Crippen LogP contribution >= 0.6 is 0 Å². The molecule has 1 aromatic heterocycles. The molecule has 1 heterocycles. The topological polar surface area (TPSA) is 24.9 Å². The Labute approximate surface area is 128 Å². The molecule has 21 heavy (non-hydrogen) atoms. The first-order valence-electron chi connectivity index (χ1n) is 8.45. The molecule has 0 saturated heterocycles. The van der Waals surface area contributed by atoms with E-state index in [0.29, 0.717) is 6.04 Å². The lowest BCUT2D eigenvalue weighted by Gasteiger charge is -2.27. The molecule has 2 aromatic rings. The normalized spacial score (nSPS) is 18.0. The van der Waals surface area contributed by atoms with E-state index in [-0.39, 0.29) is 0 Å². The molecule has 1 aromatic carbocycles. The SMILES string of the molecule is CCNC(CC1CCCCC1)c1cccc2cccnc12. The smallest absolute Gasteiger partial charge is 0.0749 e. The minimum absolute atomic E-state index is 0.441. The number of benzene rings is 1. The van der Waals surface area contributed by atoms with Gasteiger partial charge in [-0.2, -0.15) is 0 Å². The molecule has 1 aliphatic carbocycles. The first kappa shape index (κ1) is 14.5. The molecule has 3 rings (SSSR count). The molecule has 0 amide bonds. The van der Waals surface area contributed by atoms with E-state index < -0.39 is 0 Å². The average molecular weight is 282 g/mol. The van der Waals surface area contributed by atoms with Crippen LogP contribution in [0.3, 0.4) is 0 Å². The summed E-state index contributed by atoms with van der Waals surface area (Å²) in [4.78, 5) is 4.64. The van der Waals surface area contributed by atoms with Crippen molar-refractivity contribution in [3.63, 3.8) is 0 Å². The second kappa shape index (κ2) is 7.04. The molecule has 0 radical (unpaired) electrons. The molecule has 2 heteroatoms. The lowest BCUT2D eigenvalue weighted by atomic mass is 9.83. The Balaban J connectivity index is 1.87. The molecule has 1 aliphatic rings. The Morgan fingerprint density at radius 1 is 1.14 bits per heavy atom. The third-order valence-electron chi connectivity index (χ3n) is 4.78. The van der Waals surface area contributed by atoms with Crippen LogP contribution in [-0.4, -0.2) is 11.5 Å². The maximum Gasteiger partial charge on any atom is 0.0749 e. The van der Waals surface area contributed by atoms with Crippen LogP contribution in [0, 0.1) is 5.92 Å². The number of aromatic nitrogens is 1. The second-order valence-corrected chi connectivity index (χ2v) is 6.27. The number of rotatable bonds is 5. The summed E-state index contributed by atoms with van der Waals surface area (Å²) in [6.07, 6.45) is 10.2. The largest absolute Gasteiger partial charge is 0.310 e. The van der Waals surface area contributed by atoms with Crippen LogP contribution in [0.1, 0.15) is 57.1 Å². The maximum atomic E-state index is 4.64. The summed E-state index contributed by atoms with van der Waals surface area (Å²) < 4.78 is 0. The molecule has 1 N–H and O–H groups in total. The van der Waals surface area contributed by atoms with E-state index in [1.165, 1.54) is 55.0 Å². The number of hydrogen-bond acceptors (Lipinski definition) is 2. The highest BCUT2D eigenvalue weighted by molar-refractivity contribution is 5.82. The van der Waals surface area contributed by atoms with E-state index >= 15 is 0 Å². The predicted molar refractivity (Wildman–Crippen MR) is 89.4 cm³/mol. The van der Waals surface area contributed by atoms with Gasteiger partial charge in [0.05, 0.1) is 5.52 Å². The van der Waals surface area contributed by atoms with Crippen molar-refractivity contribution in [1.82, 2.24) is 10.3 Å². The fraction of sp³-hybridized carbons (Fsp3) is 0.526. The van der Waals surface area contributed by atoms with Gasteiger partial charge in [0, 0.05) is 17.6 Å². The van der Waals surface area contributed by atoms with Crippen LogP contribution in [0.5, 0.6) is 0 Å². The molecule has 1 unspecified atom stereocenters. The van der Waals surface area contributed by atoms with Gasteiger partial charge < -0.3 is 5.32 Å². The van der Waals surface area contributed by atoms with Crippen molar-refractivity contribution in [2.24, 2.45) is 5.92 Å². The number of nitrogens with one attached hydrogen (secondary N) is 1. The molecule has 2 nitrogen and oxygen atoms in total. The van der Waals surface area contributed by atoms with Gasteiger partial charge in [-0.25, -0.2) is 0 Å². The zero-order valence-electron chi connectivity index (χ0n) is 13.0. The molecular formula is C19H26N2. The van der Waals surface area contributed by atoms with Gasteiger partial charge in [-0.3, -0.25) is 4.98 Å². The summed E-state index contributed by atoms with van der Waals surface area (Å²) in [6, 6.07) is 11.2. The monoisotopic (exact) mass is 282 g/mol. The number of para-hydroxylation sites is 1. The van der Waals surface area contributed by atoms with Crippen molar-refractivity contribution in [2.45, 2.75) is 51.5 Å². The van der Waals surface area contributed by atoms with E-state index in [9.17, 15) is 0 Å². The summed E-state index contributed by atoms with van der Waals surface area (Å²) in [5, 5.41) is 4.95. The van der Waals surface area contributed by atoms with E-state index in [1.54, 1.807) is 0 Å². The Morgan fingerprint density at radius 2 is 1.95 bits per heavy atom. The molecule has 112 valence electrons. The summed E-state index contributed by atoms with van der Waals surface area (Å²) in [6.45, 7) is 3.22. The number of hydrogen-bond donors (Lipinski definition) is 1. The van der Waals surface area contributed by atoms with Crippen LogP contribution < -0.4 is 5.32 Å². The van der Waals surface area contributed by atoms with Crippen molar-refractivity contribution in [3.05, 3.63) is 42.1 Å². The van der Waals surface area contributed by atoms with Gasteiger partial charge in [0.25, 0.3) is 0 Å². The van der Waals surface area contributed by atoms with Crippen LogP contribution in [0.25, 0.3) is 10.9 Å². The highest BCUT2D eigenvalue weighted by Crippen LogP contribution is 2.33. The maximum absolute atomic E-state index is 4.64. The van der Waals surface area contributed by atoms with Gasteiger partial charge in [-0.15, -0.1) is 0 Å². The summed E-state index contributed by atoms with van der Waals surface area (Å²) in [5.74, 6) is 0.877. The molecule has 0 bridgehead atoms. The van der Waals surface area contributed by atoms with Crippen molar-refractivity contribution >= 4 is 10.9 Å². The van der Waals surface area contributed by atoms with E-state index in [0.717, 1.165) is 12.5 Å². The van der Waals surface area contributed by atoms with Crippen LogP contribution in [0.2, 0.25) is 0 Å². The highest BCUT2D eigenvalue weighted by atomic mass is 14.9. The fourth-order valence-corrected chi connectivity index (χ4v) is 3.73. The zero-order chi connectivity index (χ0) is 14.5. The van der Waals surface area contributed by atoms with Gasteiger partial charge in [0.1, 0.15) is 0 Å². The Hall–Kier alpha value is -1.41. The first-order valence-corrected chi connectivity index (χ1v) is 8.45. The molecule has 0 spiro atoms. The van der Waals surface area contributed by atoms with Gasteiger partial charge in [0.2, 0.25) is 0 Å². The summed E-state index contributed by atoms with van der Waals surface area (Å²) >= 11 is 0. The number of pyridine rings is 1. The zero-order valence-corrected chi connectivity index (χ0v) is 13.0. The molecular weight excluding hydrogens is 256 g/mol. The second-order valence-electron chi connectivity index (χ2n) is 6.27. The molecule has 1 saturated carbocycles. The van der Waals surface area contributed by atoms with Gasteiger partial charge >= 0.3 is 0 Å². The lowest BCUT2D eigenvalue weighted by Crippen LogP contribution is -2.24. The summed E-state index contributed by atoms with van der Waals surface area (Å²) in [5.41, 5.74) is 2.54. The number of nitrogens with zero attached hydrogens (tertiary/aromatic N) is 1. The average Bonchev–Trinajstić information content (AvgIpc) is 2.55. The number of fused-ring (bicyclic) bond motifs is 1. The molecule has 1 atom stereocenters. The third kappa shape index (κ3) is 3.44. The van der Waals surface area contributed by atoms with Gasteiger partial charge in [-0.1, -0.05) is 63.3 Å². The van der Waals surface area contributed by atoms with Gasteiger partial charge in [0.15, 0.2) is 0 Å². The van der Waals surface area contributed by atoms with Gasteiger partial charge in [-0.05, 0) is 30.5 Å². The van der Waals surface area contributed by atoms with Crippen molar-refractivity contribution in [3.8, 4) is 0 Å². The van der Waals surface area contributed by atoms with Crippen LogP contribution in [0.4, 0.5) is 0 Å². The summed E-state index contributed by atoms with van der Waals surface area (Å²) in [7, 11) is 0. The molecule has 1 fully saturated rings. The Morgan fingerprint density at radius 3 is 2.76 bits per heavy atom. The Bertz CT molecular complexity index is 567.